The summed E-state index contributed by atoms with van der Waals surface area (Å²) in [7, 11) is 0. The third kappa shape index (κ3) is 7.00. The number of carboxylic acids is 1. The van der Waals surface area contributed by atoms with Gasteiger partial charge in [-0.1, -0.05) is 61.9 Å². The van der Waals surface area contributed by atoms with Gasteiger partial charge in [-0.2, -0.15) is 0 Å². The molecule has 1 aliphatic rings. The molecule has 1 aliphatic heterocycles. The molecule has 0 amide bonds. The lowest BCUT2D eigenvalue weighted by molar-refractivity contribution is -0.132. The van der Waals surface area contributed by atoms with E-state index in [0.717, 1.165) is 56.0 Å². The summed E-state index contributed by atoms with van der Waals surface area (Å²) in [5, 5.41) is 9.75. The summed E-state index contributed by atoms with van der Waals surface area (Å²) in [4.78, 5) is 11.9. The lowest BCUT2D eigenvalue weighted by Gasteiger charge is -2.40. The molecular weight excluding hydrogens is 474 g/mol. The lowest BCUT2D eigenvalue weighted by atomic mass is 9.98. The van der Waals surface area contributed by atoms with Crippen LogP contribution in [0.3, 0.4) is 0 Å². The van der Waals surface area contributed by atoms with Gasteiger partial charge in [0.15, 0.2) is 0 Å². The number of nitrogens with zero attached hydrogens (tertiary/aromatic N) is 1. The zero-order valence-electron chi connectivity index (χ0n) is 22.2. The zero-order chi connectivity index (χ0) is 26.6. The van der Waals surface area contributed by atoms with Gasteiger partial charge >= 0.3 is 5.97 Å². The molecule has 4 rings (SSSR count). The quantitative estimate of drug-likeness (QED) is 0.205. The Morgan fingerprint density at radius 3 is 2.26 bits per heavy atom. The molecule has 38 heavy (non-hydrogen) atoms. The third-order valence-electron chi connectivity index (χ3n) is 7.00. The molecule has 0 spiro atoms. The Morgan fingerprint density at radius 2 is 1.58 bits per heavy atom. The Hall–Kier alpha value is -3.67. The van der Waals surface area contributed by atoms with Crippen molar-refractivity contribution in [3.63, 3.8) is 0 Å². The molecule has 1 atom stereocenters. The molecule has 0 radical (unpaired) electrons. The smallest absolute Gasteiger partial charge is 0.331 e. The van der Waals surface area contributed by atoms with Crippen molar-refractivity contribution in [2.24, 2.45) is 0 Å². The number of ether oxygens (including phenoxy) is 2. The van der Waals surface area contributed by atoms with Crippen LogP contribution in [0.1, 0.15) is 43.7 Å². The first-order valence-corrected chi connectivity index (χ1v) is 13.5. The fourth-order valence-electron chi connectivity index (χ4n) is 5.01. The van der Waals surface area contributed by atoms with Crippen molar-refractivity contribution in [3.8, 4) is 5.75 Å². The van der Waals surface area contributed by atoms with Crippen molar-refractivity contribution in [1.29, 1.82) is 0 Å². The summed E-state index contributed by atoms with van der Waals surface area (Å²) >= 11 is 0. The first-order chi connectivity index (χ1) is 18.6. The van der Waals surface area contributed by atoms with Gasteiger partial charge in [0.2, 0.25) is 0 Å². The number of unbranched alkanes of at least 4 members (excludes halogenated alkanes) is 1. The van der Waals surface area contributed by atoms with Gasteiger partial charge in [0.05, 0.1) is 13.2 Å². The first-order valence-electron chi connectivity index (χ1n) is 13.5. The van der Waals surface area contributed by atoms with E-state index in [0.29, 0.717) is 29.7 Å². The number of rotatable bonds is 12. The van der Waals surface area contributed by atoms with Crippen LogP contribution < -0.4 is 9.22 Å². The van der Waals surface area contributed by atoms with Crippen LogP contribution >= 0.6 is 0 Å². The Balaban J connectivity index is 1.71. The van der Waals surface area contributed by atoms with Gasteiger partial charge < -0.3 is 14.6 Å². The number of benzene rings is 3. The second-order valence-corrected chi connectivity index (χ2v) is 9.66. The molecular formula is C33H38NO4+. The Morgan fingerprint density at radius 1 is 0.868 bits per heavy atom. The molecule has 0 aromatic heterocycles. The summed E-state index contributed by atoms with van der Waals surface area (Å²) in [6.45, 7) is 5.54. The van der Waals surface area contributed by atoms with Crippen LogP contribution in [0.5, 0.6) is 5.75 Å². The number of allylic oxidation sites excluding steroid dienone is 2. The fourth-order valence-corrected chi connectivity index (χ4v) is 5.01. The molecule has 1 N–H and O–H groups in total. The molecule has 0 bridgehead atoms. The van der Waals surface area contributed by atoms with Crippen LogP contribution in [-0.4, -0.2) is 37.4 Å². The average Bonchev–Trinajstić information content (AvgIpc) is 2.94. The molecule has 1 unspecified atom stereocenters. The number of hydrogen-bond donors (Lipinski definition) is 1. The van der Waals surface area contributed by atoms with Gasteiger partial charge in [-0.25, -0.2) is 4.79 Å². The van der Waals surface area contributed by atoms with Crippen LogP contribution in [-0.2, 0) is 16.1 Å². The monoisotopic (exact) mass is 512 g/mol. The predicted octanol–water partition coefficient (Wildman–Crippen LogP) is 7.24. The van der Waals surface area contributed by atoms with Gasteiger partial charge in [0.25, 0.3) is 0 Å². The van der Waals surface area contributed by atoms with Gasteiger partial charge in [-0.05, 0) is 55.3 Å². The van der Waals surface area contributed by atoms with Gasteiger partial charge in [0, 0.05) is 35.8 Å². The SMILES string of the molecule is CCCCOCCOc1ccc(C2=CC=C(C(=O)O)CCC[N+]2(Cc2ccccc2)c2ccccc2)cc1. The molecule has 0 saturated heterocycles. The molecule has 1 heterocycles. The predicted molar refractivity (Wildman–Crippen MR) is 154 cm³/mol. The van der Waals surface area contributed by atoms with Crippen molar-refractivity contribution < 1.29 is 19.4 Å². The van der Waals surface area contributed by atoms with E-state index in [9.17, 15) is 9.90 Å². The van der Waals surface area contributed by atoms with Crippen molar-refractivity contribution in [2.45, 2.75) is 39.2 Å². The number of quaternary nitrogens is 1. The third-order valence-corrected chi connectivity index (χ3v) is 7.00. The maximum atomic E-state index is 11.9. The Bertz CT molecular complexity index is 1220. The second-order valence-electron chi connectivity index (χ2n) is 9.66. The number of carbonyl (C=O) groups is 1. The zero-order valence-corrected chi connectivity index (χ0v) is 22.2. The maximum absolute atomic E-state index is 11.9. The summed E-state index contributed by atoms with van der Waals surface area (Å²) in [5.74, 6) is -0.0600. The van der Waals surface area contributed by atoms with Crippen LogP contribution in [0, 0.1) is 0 Å². The fraction of sp³-hybridized carbons (Fsp3) is 0.303. The standard InChI is InChI=1S/C33H37NO4/c1-2-3-23-37-24-25-38-31-19-16-28(17-20-31)32-21-18-29(33(35)36)13-10-22-34(32,30-14-8-5-9-15-30)26-27-11-6-4-7-12-27/h4-9,11-12,14-21H,2-3,10,13,22-26H2,1H3/p+1. The highest BCUT2D eigenvalue weighted by molar-refractivity contribution is 5.88. The minimum Gasteiger partial charge on any atom is -0.491 e. The van der Waals surface area contributed by atoms with Crippen LogP contribution in [0.2, 0.25) is 0 Å². The Labute approximate surface area is 226 Å². The van der Waals surface area contributed by atoms with Gasteiger partial charge in [0.1, 0.15) is 30.3 Å². The summed E-state index contributed by atoms with van der Waals surface area (Å²) in [6.07, 6.45) is 7.27. The molecule has 5 heteroatoms. The van der Waals surface area contributed by atoms with E-state index >= 15 is 0 Å². The normalized spacial score (nSPS) is 17.6. The van der Waals surface area contributed by atoms with E-state index in [4.69, 9.17) is 9.47 Å². The maximum Gasteiger partial charge on any atom is 0.331 e. The van der Waals surface area contributed by atoms with E-state index in [2.05, 4.69) is 67.6 Å². The van der Waals surface area contributed by atoms with Crippen molar-refractivity contribution in [1.82, 2.24) is 4.48 Å². The number of para-hydroxylation sites is 1. The topological polar surface area (TPSA) is 55.8 Å². The largest absolute Gasteiger partial charge is 0.491 e. The van der Waals surface area contributed by atoms with E-state index in [1.807, 2.05) is 30.3 Å². The van der Waals surface area contributed by atoms with E-state index in [1.54, 1.807) is 6.08 Å². The number of aliphatic carboxylic acids is 1. The van der Waals surface area contributed by atoms with E-state index < -0.39 is 5.97 Å². The van der Waals surface area contributed by atoms with E-state index in [1.165, 1.54) is 11.3 Å². The molecule has 3 aromatic carbocycles. The van der Waals surface area contributed by atoms with Crippen molar-refractivity contribution in [2.75, 3.05) is 26.4 Å². The minimum atomic E-state index is -0.853. The number of hydrogen-bond acceptors (Lipinski definition) is 3. The highest BCUT2D eigenvalue weighted by Crippen LogP contribution is 2.39. The Kier molecular flexibility index (Phi) is 9.90. The molecule has 0 saturated carbocycles. The number of carboxylic acid groups (broad SMARTS) is 1. The summed E-state index contributed by atoms with van der Waals surface area (Å²) in [5.41, 5.74) is 4.95. The molecule has 5 nitrogen and oxygen atoms in total. The van der Waals surface area contributed by atoms with Crippen LogP contribution in [0.4, 0.5) is 5.69 Å². The van der Waals surface area contributed by atoms with Gasteiger partial charge in [-0.15, -0.1) is 0 Å². The molecule has 198 valence electrons. The summed E-state index contributed by atoms with van der Waals surface area (Å²) in [6, 6.07) is 29.2. The first kappa shape index (κ1) is 27.4. The van der Waals surface area contributed by atoms with Crippen molar-refractivity contribution in [3.05, 3.63) is 114 Å². The van der Waals surface area contributed by atoms with Crippen LogP contribution in [0.15, 0.2) is 103 Å². The molecule has 0 fully saturated rings. The second kappa shape index (κ2) is 13.8. The minimum absolute atomic E-state index is 0.441. The van der Waals surface area contributed by atoms with E-state index in [-0.39, 0.29) is 0 Å². The summed E-state index contributed by atoms with van der Waals surface area (Å²) < 4.78 is 12.1. The highest BCUT2D eigenvalue weighted by atomic mass is 16.5. The highest BCUT2D eigenvalue weighted by Gasteiger charge is 2.37. The molecule has 0 aliphatic carbocycles. The van der Waals surface area contributed by atoms with Crippen LogP contribution in [0.25, 0.3) is 5.70 Å². The molecule has 3 aromatic rings. The van der Waals surface area contributed by atoms with Crippen molar-refractivity contribution >= 4 is 17.4 Å². The lowest BCUT2D eigenvalue weighted by Crippen LogP contribution is -2.47. The average molecular weight is 513 g/mol. The van der Waals surface area contributed by atoms with Gasteiger partial charge in [-0.3, -0.25) is 4.48 Å².